The molecule has 1 aliphatic rings. The number of nitrogens with one attached hydrogen (secondary N) is 1. The first kappa shape index (κ1) is 24.0. The number of quaternary nitrogens is 1. The Kier molecular flexibility index (Phi) is 7.40. The number of nitrogens with zero attached hydrogens (tertiary/aromatic N) is 1. The van der Waals surface area contributed by atoms with Gasteiger partial charge in [-0.3, -0.25) is 4.79 Å². The van der Waals surface area contributed by atoms with Gasteiger partial charge in [-0.25, -0.2) is 4.79 Å². The lowest BCUT2D eigenvalue weighted by atomic mass is 9.72. The predicted molar refractivity (Wildman–Crippen MR) is 128 cm³/mol. The lowest BCUT2D eigenvalue weighted by Crippen LogP contribution is -2.73. The number of anilines is 1. The summed E-state index contributed by atoms with van der Waals surface area (Å²) in [7, 11) is 0. The molecule has 0 atom stereocenters. The van der Waals surface area contributed by atoms with Crippen LogP contribution in [0.5, 0.6) is 0 Å². The van der Waals surface area contributed by atoms with E-state index in [1.807, 2.05) is 44.2 Å². The lowest BCUT2D eigenvalue weighted by molar-refractivity contribution is -0.963. The third-order valence-corrected chi connectivity index (χ3v) is 7.31. The number of amides is 1. The Labute approximate surface area is 192 Å². The molecule has 0 saturated heterocycles. The van der Waals surface area contributed by atoms with E-state index < -0.39 is 5.54 Å². The summed E-state index contributed by atoms with van der Waals surface area (Å²) in [4.78, 5) is 26.6. The van der Waals surface area contributed by atoms with Crippen molar-refractivity contribution < 1.29 is 18.8 Å². The normalized spacial score (nSPS) is 15.0. The average molecular weight is 438 g/mol. The topological polar surface area (TPSA) is 55.4 Å². The Morgan fingerprint density at radius 3 is 2.09 bits per heavy atom. The van der Waals surface area contributed by atoms with Crippen LogP contribution in [0.2, 0.25) is 0 Å². The fourth-order valence-corrected chi connectivity index (χ4v) is 5.27. The van der Waals surface area contributed by atoms with Crippen molar-refractivity contribution in [3.63, 3.8) is 0 Å². The van der Waals surface area contributed by atoms with Gasteiger partial charge in [-0.1, -0.05) is 48.0 Å². The third kappa shape index (κ3) is 4.58. The molecule has 0 bridgehead atoms. The van der Waals surface area contributed by atoms with Gasteiger partial charge in [0.2, 0.25) is 0 Å². The lowest BCUT2D eigenvalue weighted by Gasteiger charge is -2.55. The van der Waals surface area contributed by atoms with Gasteiger partial charge in [0, 0.05) is 18.5 Å². The highest BCUT2D eigenvalue weighted by molar-refractivity contribution is 5.99. The van der Waals surface area contributed by atoms with Crippen LogP contribution < -0.4 is 5.32 Å². The van der Waals surface area contributed by atoms with Crippen LogP contribution in [0.4, 0.5) is 5.69 Å². The molecule has 0 aliphatic heterocycles. The molecule has 2 aromatic rings. The second kappa shape index (κ2) is 9.86. The maximum absolute atomic E-state index is 13.8. The maximum atomic E-state index is 13.8. The van der Waals surface area contributed by atoms with Crippen molar-refractivity contribution in [3.05, 3.63) is 64.7 Å². The number of likely N-dealkylation sites (N-methyl/N-ethyl adjacent to an activating group) is 1. The number of benzene rings is 2. The molecule has 0 aromatic heterocycles. The number of hydrogen-bond donors (Lipinski definition) is 1. The fourth-order valence-electron chi connectivity index (χ4n) is 5.27. The quantitative estimate of drug-likeness (QED) is 0.440. The first-order valence-corrected chi connectivity index (χ1v) is 11.7. The van der Waals surface area contributed by atoms with Crippen LogP contribution in [-0.2, 0) is 20.9 Å². The third-order valence-electron chi connectivity index (χ3n) is 7.31. The summed E-state index contributed by atoms with van der Waals surface area (Å²) in [5.41, 5.74) is 4.58. The highest BCUT2D eigenvalue weighted by atomic mass is 16.5. The summed E-state index contributed by atoms with van der Waals surface area (Å²) in [6, 6.07) is 13.9. The summed E-state index contributed by atoms with van der Waals surface area (Å²) in [6.07, 6.45) is 2.57. The Morgan fingerprint density at radius 2 is 1.59 bits per heavy atom. The molecule has 1 amide bonds. The van der Waals surface area contributed by atoms with Gasteiger partial charge in [-0.05, 0) is 57.7 Å². The van der Waals surface area contributed by atoms with Crippen LogP contribution in [0.25, 0.3) is 0 Å². The van der Waals surface area contributed by atoms with Gasteiger partial charge < -0.3 is 14.5 Å². The number of esters is 1. The van der Waals surface area contributed by atoms with E-state index >= 15 is 0 Å². The monoisotopic (exact) mass is 437 g/mol. The molecule has 5 nitrogen and oxygen atoms in total. The molecule has 2 aromatic carbocycles. The van der Waals surface area contributed by atoms with Crippen LogP contribution in [0.1, 0.15) is 55.4 Å². The van der Waals surface area contributed by atoms with Crippen molar-refractivity contribution in [2.75, 3.05) is 25.0 Å². The van der Waals surface area contributed by atoms with Gasteiger partial charge in [0.05, 0.1) is 13.1 Å². The summed E-state index contributed by atoms with van der Waals surface area (Å²) < 4.78 is 6.04. The van der Waals surface area contributed by atoms with Crippen molar-refractivity contribution in [1.29, 1.82) is 0 Å². The van der Waals surface area contributed by atoms with E-state index in [1.165, 1.54) is 5.56 Å². The number of rotatable bonds is 9. The number of aryl methyl sites for hydroxylation is 3. The first-order chi connectivity index (χ1) is 15.3. The van der Waals surface area contributed by atoms with E-state index in [-0.39, 0.29) is 25.0 Å². The Morgan fingerprint density at radius 1 is 1.00 bits per heavy atom. The van der Waals surface area contributed by atoms with Crippen LogP contribution >= 0.6 is 0 Å². The fraction of sp³-hybridized carbons (Fsp3) is 0.481. The minimum atomic E-state index is -0.598. The minimum absolute atomic E-state index is 0.0263. The molecule has 1 fully saturated rings. The van der Waals surface area contributed by atoms with Crippen molar-refractivity contribution in [3.8, 4) is 0 Å². The number of ether oxygens (including phenoxy) is 1. The van der Waals surface area contributed by atoms with Gasteiger partial charge in [-0.2, -0.15) is 0 Å². The van der Waals surface area contributed by atoms with E-state index in [1.54, 1.807) is 0 Å². The number of carbonyl (C=O) groups is 2. The van der Waals surface area contributed by atoms with Crippen LogP contribution in [0, 0.1) is 20.8 Å². The van der Waals surface area contributed by atoms with Crippen molar-refractivity contribution in [2.24, 2.45) is 0 Å². The second-order valence-corrected chi connectivity index (χ2v) is 9.19. The Bertz CT molecular complexity index is 937. The molecule has 32 heavy (non-hydrogen) atoms. The smallest absolute Gasteiger partial charge is 0.362 e. The molecule has 0 heterocycles. The number of carbonyl (C=O) groups excluding carboxylic acids is 2. The van der Waals surface area contributed by atoms with E-state index in [0.717, 1.165) is 41.6 Å². The molecule has 1 saturated carbocycles. The Hall–Kier alpha value is -2.66. The molecule has 0 unspecified atom stereocenters. The van der Waals surface area contributed by atoms with E-state index in [2.05, 4.69) is 38.2 Å². The van der Waals surface area contributed by atoms with Gasteiger partial charge in [0.25, 0.3) is 5.91 Å². The van der Waals surface area contributed by atoms with Gasteiger partial charge in [0.1, 0.15) is 6.61 Å². The zero-order chi connectivity index (χ0) is 23.4. The minimum Gasteiger partial charge on any atom is -0.457 e. The van der Waals surface area contributed by atoms with Crippen LogP contribution in [-0.4, -0.2) is 41.5 Å². The first-order valence-electron chi connectivity index (χ1n) is 11.7. The van der Waals surface area contributed by atoms with E-state index in [4.69, 9.17) is 4.74 Å². The predicted octanol–water partition coefficient (Wildman–Crippen LogP) is 5.07. The zero-order valence-corrected chi connectivity index (χ0v) is 20.2. The Balaban J connectivity index is 1.80. The van der Waals surface area contributed by atoms with Crippen LogP contribution in [0.15, 0.2) is 42.5 Å². The van der Waals surface area contributed by atoms with Crippen LogP contribution in [0.3, 0.4) is 0 Å². The van der Waals surface area contributed by atoms with Crippen molar-refractivity contribution >= 4 is 17.6 Å². The van der Waals surface area contributed by atoms with Crippen molar-refractivity contribution in [2.45, 2.75) is 66.0 Å². The van der Waals surface area contributed by atoms with Gasteiger partial charge in [0.15, 0.2) is 12.1 Å². The molecule has 1 aliphatic carbocycles. The average Bonchev–Trinajstić information content (AvgIpc) is 2.74. The summed E-state index contributed by atoms with van der Waals surface area (Å²) in [6.45, 7) is 12.2. The molecular formula is C27H37N2O3+. The van der Waals surface area contributed by atoms with Gasteiger partial charge in [-0.15, -0.1) is 0 Å². The highest BCUT2D eigenvalue weighted by Crippen LogP contribution is 2.44. The highest BCUT2D eigenvalue weighted by Gasteiger charge is 2.60. The maximum Gasteiger partial charge on any atom is 0.362 e. The standard InChI is InChI=1S/C27H36N2O3/c1-6-29(7-2,18-24(30)32-19-23-12-9-8-10-13-23)27(14-11-15-27)26(31)28-25-21(4)16-20(3)17-22(25)5/h8-10,12-13,16-17H,6-7,11,14-15,18-19H2,1-5H3/p+1. The van der Waals surface area contributed by atoms with Crippen molar-refractivity contribution in [1.82, 2.24) is 0 Å². The number of hydrogen-bond acceptors (Lipinski definition) is 3. The van der Waals surface area contributed by atoms with E-state index in [0.29, 0.717) is 17.6 Å². The van der Waals surface area contributed by atoms with E-state index in [9.17, 15) is 9.59 Å². The largest absolute Gasteiger partial charge is 0.457 e. The molecule has 172 valence electrons. The summed E-state index contributed by atoms with van der Waals surface area (Å²) in [5.74, 6) is -0.224. The molecule has 0 radical (unpaired) electrons. The molecule has 1 N–H and O–H groups in total. The molecule has 5 heteroatoms. The summed E-state index contributed by atoms with van der Waals surface area (Å²) >= 11 is 0. The molecular weight excluding hydrogens is 400 g/mol. The summed E-state index contributed by atoms with van der Waals surface area (Å²) in [5, 5.41) is 3.25. The second-order valence-electron chi connectivity index (χ2n) is 9.19. The zero-order valence-electron chi connectivity index (χ0n) is 20.2. The van der Waals surface area contributed by atoms with Gasteiger partial charge >= 0.3 is 5.97 Å². The SMILES string of the molecule is CC[N+](CC)(CC(=O)OCc1ccccc1)C1(C(=O)Nc2c(C)cc(C)cc2C)CCC1. The molecule has 3 rings (SSSR count). The molecule has 0 spiro atoms.